The molecule has 0 amide bonds. The SMILES string of the molecule is Cc1ccc(N)c(-c2nc(CSC3CCCCC3)no2)c1. The molecule has 5 heteroatoms. The molecular weight excluding hydrogens is 282 g/mol. The highest BCUT2D eigenvalue weighted by Gasteiger charge is 2.16. The summed E-state index contributed by atoms with van der Waals surface area (Å²) in [5.41, 5.74) is 8.63. The fraction of sp³-hybridized carbons (Fsp3) is 0.500. The second-order valence-corrected chi connectivity index (χ2v) is 6.97. The van der Waals surface area contributed by atoms with Gasteiger partial charge in [0.15, 0.2) is 5.82 Å². The number of aromatic nitrogens is 2. The number of rotatable bonds is 4. The van der Waals surface area contributed by atoms with E-state index in [2.05, 4.69) is 10.1 Å². The Morgan fingerprint density at radius 3 is 2.90 bits per heavy atom. The smallest absolute Gasteiger partial charge is 0.260 e. The number of thioether (sulfide) groups is 1. The summed E-state index contributed by atoms with van der Waals surface area (Å²) in [5, 5.41) is 4.84. The first-order valence-electron chi connectivity index (χ1n) is 7.53. The van der Waals surface area contributed by atoms with E-state index in [1.54, 1.807) is 0 Å². The first-order chi connectivity index (χ1) is 10.2. The Bertz CT molecular complexity index is 605. The van der Waals surface area contributed by atoms with Crippen LogP contribution in [0.4, 0.5) is 5.69 Å². The molecule has 0 aliphatic heterocycles. The third-order valence-corrected chi connectivity index (χ3v) is 5.28. The molecule has 2 aromatic rings. The molecule has 1 heterocycles. The van der Waals surface area contributed by atoms with Gasteiger partial charge in [0.05, 0.1) is 11.3 Å². The molecule has 1 fully saturated rings. The maximum Gasteiger partial charge on any atom is 0.260 e. The lowest BCUT2D eigenvalue weighted by molar-refractivity contribution is 0.425. The summed E-state index contributed by atoms with van der Waals surface area (Å²) < 4.78 is 5.37. The van der Waals surface area contributed by atoms with Crippen molar-refractivity contribution in [3.8, 4) is 11.5 Å². The highest BCUT2D eigenvalue weighted by molar-refractivity contribution is 7.99. The van der Waals surface area contributed by atoms with Crippen LogP contribution in [-0.2, 0) is 5.75 Å². The monoisotopic (exact) mass is 303 g/mol. The normalized spacial score (nSPS) is 16.2. The molecule has 1 aromatic heterocycles. The van der Waals surface area contributed by atoms with Crippen LogP contribution in [0.25, 0.3) is 11.5 Å². The number of benzene rings is 1. The van der Waals surface area contributed by atoms with Gasteiger partial charge in [0.2, 0.25) is 0 Å². The van der Waals surface area contributed by atoms with E-state index in [-0.39, 0.29) is 0 Å². The van der Waals surface area contributed by atoms with Gasteiger partial charge in [-0.05, 0) is 31.9 Å². The van der Waals surface area contributed by atoms with Gasteiger partial charge in [-0.2, -0.15) is 16.7 Å². The highest BCUT2D eigenvalue weighted by Crippen LogP contribution is 2.31. The van der Waals surface area contributed by atoms with Gasteiger partial charge in [-0.25, -0.2) is 0 Å². The summed E-state index contributed by atoms with van der Waals surface area (Å²) in [6, 6.07) is 5.85. The average molecular weight is 303 g/mol. The predicted molar refractivity (Wildman–Crippen MR) is 87.1 cm³/mol. The number of anilines is 1. The molecule has 1 aromatic carbocycles. The summed E-state index contributed by atoms with van der Waals surface area (Å²) in [6.45, 7) is 2.03. The lowest BCUT2D eigenvalue weighted by Crippen LogP contribution is -2.08. The van der Waals surface area contributed by atoms with Crippen LogP contribution in [0.3, 0.4) is 0 Å². The predicted octanol–water partition coefficient (Wildman–Crippen LogP) is 4.19. The summed E-state index contributed by atoms with van der Waals surface area (Å²) in [5.74, 6) is 2.11. The van der Waals surface area contributed by atoms with Crippen LogP contribution in [0.15, 0.2) is 22.7 Å². The van der Waals surface area contributed by atoms with Gasteiger partial charge in [0.25, 0.3) is 5.89 Å². The maximum atomic E-state index is 5.99. The zero-order valence-electron chi connectivity index (χ0n) is 12.3. The van der Waals surface area contributed by atoms with Crippen molar-refractivity contribution in [3.63, 3.8) is 0 Å². The Balaban J connectivity index is 1.66. The van der Waals surface area contributed by atoms with Gasteiger partial charge < -0.3 is 10.3 Å². The standard InChI is InChI=1S/C16H21N3OS/c1-11-7-8-14(17)13(9-11)16-18-15(19-20-16)10-21-12-5-3-2-4-6-12/h7-9,12H,2-6,10,17H2,1H3. The van der Waals surface area contributed by atoms with E-state index in [4.69, 9.17) is 10.3 Å². The maximum absolute atomic E-state index is 5.99. The molecule has 112 valence electrons. The topological polar surface area (TPSA) is 64.9 Å². The minimum atomic E-state index is 0.524. The van der Waals surface area contributed by atoms with Crippen LogP contribution in [0.1, 0.15) is 43.5 Å². The molecule has 0 radical (unpaired) electrons. The molecule has 4 nitrogen and oxygen atoms in total. The number of hydrogen-bond acceptors (Lipinski definition) is 5. The quantitative estimate of drug-likeness (QED) is 0.858. The van der Waals surface area contributed by atoms with Crippen molar-refractivity contribution in [1.29, 1.82) is 0 Å². The van der Waals surface area contributed by atoms with E-state index in [0.29, 0.717) is 11.6 Å². The van der Waals surface area contributed by atoms with E-state index < -0.39 is 0 Å². The molecule has 0 bridgehead atoms. The summed E-state index contributed by atoms with van der Waals surface area (Å²) in [4.78, 5) is 4.49. The summed E-state index contributed by atoms with van der Waals surface area (Å²) in [6.07, 6.45) is 6.74. The van der Waals surface area contributed by atoms with E-state index >= 15 is 0 Å². The first-order valence-corrected chi connectivity index (χ1v) is 8.58. The van der Waals surface area contributed by atoms with Crippen LogP contribution in [-0.4, -0.2) is 15.4 Å². The number of nitrogens with zero attached hydrogens (tertiary/aromatic N) is 2. The van der Waals surface area contributed by atoms with Crippen molar-refractivity contribution in [2.24, 2.45) is 0 Å². The molecule has 1 saturated carbocycles. The highest BCUT2D eigenvalue weighted by atomic mass is 32.2. The van der Waals surface area contributed by atoms with Crippen molar-refractivity contribution >= 4 is 17.4 Å². The molecule has 1 aliphatic rings. The Morgan fingerprint density at radius 2 is 2.10 bits per heavy atom. The van der Waals surface area contributed by atoms with Gasteiger partial charge in [-0.15, -0.1) is 0 Å². The van der Waals surface area contributed by atoms with Crippen molar-refractivity contribution in [3.05, 3.63) is 29.6 Å². The summed E-state index contributed by atoms with van der Waals surface area (Å²) in [7, 11) is 0. The van der Waals surface area contributed by atoms with Crippen LogP contribution in [0.2, 0.25) is 0 Å². The molecule has 1 aliphatic carbocycles. The Hall–Kier alpha value is -1.49. The first kappa shape index (κ1) is 14.4. The minimum absolute atomic E-state index is 0.524. The molecular formula is C16H21N3OS. The number of aryl methyl sites for hydroxylation is 1. The molecule has 2 N–H and O–H groups in total. The number of nitrogens with two attached hydrogens (primary N) is 1. The fourth-order valence-corrected chi connectivity index (χ4v) is 3.87. The van der Waals surface area contributed by atoms with Gasteiger partial charge in [-0.3, -0.25) is 0 Å². The third kappa shape index (κ3) is 3.59. The van der Waals surface area contributed by atoms with Crippen LogP contribution < -0.4 is 5.73 Å². The Kier molecular flexibility index (Phi) is 4.48. The second-order valence-electron chi connectivity index (χ2n) is 5.68. The van der Waals surface area contributed by atoms with E-state index in [1.807, 2.05) is 36.9 Å². The largest absolute Gasteiger partial charge is 0.398 e. The van der Waals surface area contributed by atoms with Crippen LogP contribution in [0.5, 0.6) is 0 Å². The van der Waals surface area contributed by atoms with Gasteiger partial charge in [0, 0.05) is 10.9 Å². The number of hydrogen-bond donors (Lipinski definition) is 1. The molecule has 3 rings (SSSR count). The zero-order valence-corrected chi connectivity index (χ0v) is 13.2. The fourth-order valence-electron chi connectivity index (χ4n) is 2.70. The molecule has 0 saturated heterocycles. The van der Waals surface area contributed by atoms with E-state index in [0.717, 1.165) is 28.0 Å². The van der Waals surface area contributed by atoms with Gasteiger partial charge in [-0.1, -0.05) is 36.0 Å². The van der Waals surface area contributed by atoms with Crippen LogP contribution >= 0.6 is 11.8 Å². The van der Waals surface area contributed by atoms with E-state index in [1.165, 1.54) is 32.1 Å². The summed E-state index contributed by atoms with van der Waals surface area (Å²) >= 11 is 1.95. The van der Waals surface area contributed by atoms with Crippen molar-refractivity contribution in [2.45, 2.75) is 50.0 Å². The average Bonchev–Trinajstić information content (AvgIpc) is 2.97. The van der Waals surface area contributed by atoms with Crippen molar-refractivity contribution < 1.29 is 4.52 Å². The Labute approximate surface area is 129 Å². The molecule has 0 spiro atoms. The lowest BCUT2D eigenvalue weighted by Gasteiger charge is -2.19. The van der Waals surface area contributed by atoms with Gasteiger partial charge in [0.1, 0.15) is 0 Å². The van der Waals surface area contributed by atoms with Crippen molar-refractivity contribution in [2.75, 3.05) is 5.73 Å². The minimum Gasteiger partial charge on any atom is -0.398 e. The Morgan fingerprint density at radius 1 is 1.29 bits per heavy atom. The number of nitrogen functional groups attached to an aromatic ring is 1. The second kappa shape index (κ2) is 6.52. The molecule has 21 heavy (non-hydrogen) atoms. The third-order valence-electron chi connectivity index (χ3n) is 3.91. The molecule has 0 atom stereocenters. The van der Waals surface area contributed by atoms with Crippen molar-refractivity contribution in [1.82, 2.24) is 10.1 Å². The molecule has 0 unspecified atom stereocenters. The van der Waals surface area contributed by atoms with Crippen LogP contribution in [0, 0.1) is 6.92 Å². The van der Waals surface area contributed by atoms with E-state index in [9.17, 15) is 0 Å². The van der Waals surface area contributed by atoms with Gasteiger partial charge >= 0.3 is 0 Å². The lowest BCUT2D eigenvalue weighted by atomic mass is 10.0. The zero-order chi connectivity index (χ0) is 14.7.